The summed E-state index contributed by atoms with van der Waals surface area (Å²) in [5.74, 6) is 2.12. The standard InChI is InChI=1S/C22H34N2O3/c1-15(2)23-22(25)11-21-19-9-10-24(13-18(19)14-26-21)12-17-7-5-6-8-20(17)27-16(3)4/h5-8,15-16,18-19,21H,9-14H2,1-4H3,(H,23,25)/t18-,19-,21+/m1/s1. The van der Waals surface area contributed by atoms with Gasteiger partial charge in [0.15, 0.2) is 0 Å². The minimum absolute atomic E-state index is 0.0764. The Hall–Kier alpha value is -1.59. The number of fused-ring (bicyclic) bond motifs is 1. The maximum atomic E-state index is 12.1. The van der Waals surface area contributed by atoms with Gasteiger partial charge in [0, 0.05) is 30.6 Å². The van der Waals surface area contributed by atoms with E-state index in [1.165, 1.54) is 5.56 Å². The van der Waals surface area contributed by atoms with Crippen molar-refractivity contribution in [1.82, 2.24) is 10.2 Å². The van der Waals surface area contributed by atoms with Crippen LogP contribution in [0.1, 0.15) is 46.1 Å². The summed E-state index contributed by atoms with van der Waals surface area (Å²) in [5.41, 5.74) is 1.25. The number of benzene rings is 1. The number of para-hydroxylation sites is 1. The van der Waals surface area contributed by atoms with E-state index in [2.05, 4.69) is 42.3 Å². The van der Waals surface area contributed by atoms with Crippen LogP contribution in [0.3, 0.4) is 0 Å². The number of nitrogens with zero attached hydrogens (tertiary/aromatic N) is 1. The highest BCUT2D eigenvalue weighted by atomic mass is 16.5. The Morgan fingerprint density at radius 3 is 2.81 bits per heavy atom. The van der Waals surface area contributed by atoms with Crippen molar-refractivity contribution in [2.45, 2.75) is 65.3 Å². The Morgan fingerprint density at radius 1 is 1.30 bits per heavy atom. The average molecular weight is 375 g/mol. The molecule has 3 atom stereocenters. The third-order valence-electron chi connectivity index (χ3n) is 5.44. The molecule has 0 aromatic heterocycles. The molecule has 1 aromatic carbocycles. The number of hydrogen-bond donors (Lipinski definition) is 1. The van der Waals surface area contributed by atoms with Crippen LogP contribution in [-0.4, -0.2) is 48.8 Å². The lowest BCUT2D eigenvalue weighted by molar-refractivity contribution is -0.124. The van der Waals surface area contributed by atoms with E-state index in [4.69, 9.17) is 9.47 Å². The van der Waals surface area contributed by atoms with Gasteiger partial charge in [-0.1, -0.05) is 18.2 Å². The van der Waals surface area contributed by atoms with Gasteiger partial charge in [0.2, 0.25) is 5.91 Å². The van der Waals surface area contributed by atoms with Crippen LogP contribution < -0.4 is 10.1 Å². The first kappa shape index (κ1) is 20.2. The molecule has 27 heavy (non-hydrogen) atoms. The Labute approximate surface area is 163 Å². The Balaban J connectivity index is 1.55. The lowest BCUT2D eigenvalue weighted by Crippen LogP contribution is -2.42. The van der Waals surface area contributed by atoms with Crippen molar-refractivity contribution < 1.29 is 14.3 Å². The van der Waals surface area contributed by atoms with Crippen LogP contribution >= 0.6 is 0 Å². The maximum absolute atomic E-state index is 12.1. The molecule has 1 N–H and O–H groups in total. The smallest absolute Gasteiger partial charge is 0.222 e. The Kier molecular flexibility index (Phi) is 6.77. The van der Waals surface area contributed by atoms with Gasteiger partial charge in [0.1, 0.15) is 5.75 Å². The predicted molar refractivity (Wildman–Crippen MR) is 107 cm³/mol. The largest absolute Gasteiger partial charge is 0.491 e. The SMILES string of the molecule is CC(C)NC(=O)C[C@@H]1OC[C@H]2CN(Cc3ccccc3OC(C)C)CC[C@H]21. The summed E-state index contributed by atoms with van der Waals surface area (Å²) in [6, 6.07) is 8.52. The fourth-order valence-electron chi connectivity index (χ4n) is 4.32. The molecule has 0 aliphatic carbocycles. The van der Waals surface area contributed by atoms with Gasteiger partial charge in [-0.25, -0.2) is 0 Å². The van der Waals surface area contributed by atoms with Crippen molar-refractivity contribution in [3.63, 3.8) is 0 Å². The number of ether oxygens (including phenoxy) is 2. The second-order valence-electron chi connectivity index (χ2n) is 8.52. The minimum atomic E-state index is 0.0764. The van der Waals surface area contributed by atoms with Crippen molar-refractivity contribution in [2.24, 2.45) is 11.8 Å². The molecule has 0 saturated carbocycles. The van der Waals surface area contributed by atoms with Gasteiger partial charge in [0.25, 0.3) is 0 Å². The summed E-state index contributed by atoms with van der Waals surface area (Å²) in [6.07, 6.45) is 1.84. The van der Waals surface area contributed by atoms with Gasteiger partial charge in [-0.15, -0.1) is 0 Å². The van der Waals surface area contributed by atoms with Crippen molar-refractivity contribution in [2.75, 3.05) is 19.7 Å². The molecule has 1 amide bonds. The molecular weight excluding hydrogens is 340 g/mol. The molecule has 2 aliphatic rings. The summed E-state index contributed by atoms with van der Waals surface area (Å²) in [4.78, 5) is 14.6. The second kappa shape index (κ2) is 9.07. The molecule has 5 nitrogen and oxygen atoms in total. The Morgan fingerprint density at radius 2 is 2.07 bits per heavy atom. The number of piperidine rings is 1. The Bertz CT molecular complexity index is 632. The summed E-state index contributed by atoms with van der Waals surface area (Å²) >= 11 is 0. The fourth-order valence-corrected chi connectivity index (χ4v) is 4.32. The first-order chi connectivity index (χ1) is 12.9. The first-order valence-electron chi connectivity index (χ1n) is 10.3. The molecule has 2 heterocycles. The number of hydrogen-bond acceptors (Lipinski definition) is 4. The summed E-state index contributed by atoms with van der Waals surface area (Å²) in [5, 5.41) is 2.99. The third-order valence-corrected chi connectivity index (χ3v) is 5.44. The first-order valence-corrected chi connectivity index (χ1v) is 10.3. The molecule has 0 bridgehead atoms. The highest BCUT2D eigenvalue weighted by Gasteiger charge is 2.41. The van der Waals surface area contributed by atoms with Crippen LogP contribution in [0, 0.1) is 11.8 Å². The summed E-state index contributed by atoms with van der Waals surface area (Å²) < 4.78 is 12.0. The normalized spacial score (nSPS) is 25.6. The third kappa shape index (κ3) is 5.45. The van der Waals surface area contributed by atoms with Crippen molar-refractivity contribution in [3.8, 4) is 5.75 Å². The molecule has 2 fully saturated rings. The van der Waals surface area contributed by atoms with E-state index in [0.717, 1.165) is 38.4 Å². The van der Waals surface area contributed by atoms with Crippen LogP contribution in [0.15, 0.2) is 24.3 Å². The minimum Gasteiger partial charge on any atom is -0.491 e. The highest BCUT2D eigenvalue weighted by molar-refractivity contribution is 5.76. The number of likely N-dealkylation sites (tertiary alicyclic amines) is 1. The molecule has 150 valence electrons. The topological polar surface area (TPSA) is 50.8 Å². The lowest BCUT2D eigenvalue weighted by atomic mass is 9.83. The van der Waals surface area contributed by atoms with E-state index in [-0.39, 0.29) is 24.2 Å². The van der Waals surface area contributed by atoms with E-state index in [0.29, 0.717) is 18.3 Å². The number of rotatable bonds is 7. The molecule has 1 aromatic rings. The number of nitrogens with one attached hydrogen (secondary N) is 1. The van der Waals surface area contributed by atoms with E-state index in [1.807, 2.05) is 19.9 Å². The molecule has 2 aliphatic heterocycles. The monoisotopic (exact) mass is 374 g/mol. The molecule has 2 saturated heterocycles. The van der Waals surface area contributed by atoms with Crippen LogP contribution in [0.2, 0.25) is 0 Å². The molecule has 3 rings (SSSR count). The van der Waals surface area contributed by atoms with E-state index in [9.17, 15) is 4.79 Å². The highest BCUT2D eigenvalue weighted by Crippen LogP contribution is 2.36. The zero-order chi connectivity index (χ0) is 19.4. The predicted octanol–water partition coefficient (Wildman–Crippen LogP) is 3.23. The fraction of sp³-hybridized carbons (Fsp3) is 0.682. The van der Waals surface area contributed by atoms with Crippen molar-refractivity contribution in [3.05, 3.63) is 29.8 Å². The zero-order valence-electron chi connectivity index (χ0n) is 17.1. The molecule has 0 spiro atoms. The van der Waals surface area contributed by atoms with Crippen molar-refractivity contribution in [1.29, 1.82) is 0 Å². The van der Waals surface area contributed by atoms with Crippen LogP contribution in [0.5, 0.6) is 5.75 Å². The van der Waals surface area contributed by atoms with Crippen LogP contribution in [0.25, 0.3) is 0 Å². The van der Waals surface area contributed by atoms with Gasteiger partial charge < -0.3 is 14.8 Å². The molecule has 5 heteroatoms. The summed E-state index contributed by atoms with van der Waals surface area (Å²) in [6.45, 7) is 11.9. The zero-order valence-corrected chi connectivity index (χ0v) is 17.1. The van der Waals surface area contributed by atoms with Crippen LogP contribution in [-0.2, 0) is 16.1 Å². The average Bonchev–Trinajstić information content (AvgIpc) is 2.97. The molecule has 0 unspecified atom stereocenters. The quantitative estimate of drug-likeness (QED) is 0.796. The van der Waals surface area contributed by atoms with Crippen LogP contribution in [0.4, 0.5) is 0 Å². The number of amides is 1. The van der Waals surface area contributed by atoms with E-state index >= 15 is 0 Å². The van der Waals surface area contributed by atoms with Gasteiger partial charge in [-0.3, -0.25) is 9.69 Å². The van der Waals surface area contributed by atoms with Gasteiger partial charge in [-0.2, -0.15) is 0 Å². The van der Waals surface area contributed by atoms with Gasteiger partial charge in [-0.05, 0) is 52.6 Å². The van der Waals surface area contributed by atoms with Gasteiger partial charge >= 0.3 is 0 Å². The van der Waals surface area contributed by atoms with Gasteiger partial charge in [0.05, 0.1) is 25.2 Å². The van der Waals surface area contributed by atoms with Crippen molar-refractivity contribution >= 4 is 5.91 Å². The summed E-state index contributed by atoms with van der Waals surface area (Å²) in [7, 11) is 0. The number of carbonyl (C=O) groups excluding carboxylic acids is 1. The maximum Gasteiger partial charge on any atom is 0.222 e. The van der Waals surface area contributed by atoms with E-state index < -0.39 is 0 Å². The lowest BCUT2D eigenvalue weighted by Gasteiger charge is -2.36. The number of carbonyl (C=O) groups is 1. The second-order valence-corrected chi connectivity index (χ2v) is 8.52. The molecular formula is C22H34N2O3. The molecule has 0 radical (unpaired) electrons. The van der Waals surface area contributed by atoms with E-state index in [1.54, 1.807) is 0 Å².